The minimum atomic E-state index is -0.932. The van der Waals surface area contributed by atoms with E-state index in [0.717, 1.165) is 77.0 Å². The van der Waals surface area contributed by atoms with Gasteiger partial charge in [-0.2, -0.15) is 0 Å². The summed E-state index contributed by atoms with van der Waals surface area (Å²) in [6, 6.07) is 36.2. The molecule has 9 unspecified atom stereocenters. The molecule has 0 aromatic heterocycles. The minimum absolute atomic E-state index is 0.0283. The van der Waals surface area contributed by atoms with Crippen LogP contribution in [0.25, 0.3) is 0 Å². The van der Waals surface area contributed by atoms with E-state index in [4.69, 9.17) is 85.3 Å². The van der Waals surface area contributed by atoms with E-state index in [9.17, 15) is 57.5 Å². The molecule has 133 heavy (non-hydrogen) atoms. The number of carbonyl (C=O) groups excluding carboxylic acids is 12. The van der Waals surface area contributed by atoms with Crippen LogP contribution >= 0.6 is 0 Å². The number of esters is 9. The summed E-state index contributed by atoms with van der Waals surface area (Å²) in [6.07, 6.45) is 9.18. The molecule has 3 fully saturated rings. The van der Waals surface area contributed by atoms with E-state index in [1.807, 2.05) is 0 Å². The Bertz CT molecular complexity index is 4760. The highest BCUT2D eigenvalue weighted by Crippen LogP contribution is 2.39. The normalized spacial score (nSPS) is 17.8. The zero-order chi connectivity index (χ0) is 96.9. The Morgan fingerprint density at radius 1 is 0.263 bits per heavy atom. The molecule has 6 aromatic carbocycles. The van der Waals surface area contributed by atoms with Gasteiger partial charge in [-0.25, -0.2) is 57.5 Å². The Kier molecular flexibility index (Phi) is 46.1. The molecule has 0 bridgehead atoms. The molecule has 0 radical (unpaired) electrons. The van der Waals surface area contributed by atoms with Gasteiger partial charge in [0, 0.05) is 16.7 Å². The van der Waals surface area contributed by atoms with Gasteiger partial charge in [-0.15, -0.1) is 0 Å². The zero-order valence-corrected chi connectivity index (χ0v) is 78.3. The molecule has 0 amide bonds. The average Bonchev–Trinajstić information content (AvgIpc) is 0.837. The predicted molar refractivity (Wildman–Crippen MR) is 489 cm³/mol. The average molecular weight is 1850 g/mol. The second kappa shape index (κ2) is 57.0. The first kappa shape index (κ1) is 107. The van der Waals surface area contributed by atoms with Gasteiger partial charge in [0.1, 0.15) is 79.2 Å². The summed E-state index contributed by atoms with van der Waals surface area (Å²) in [6.45, 7) is 36.5. The highest BCUT2D eigenvalue weighted by molar-refractivity contribution is 5.97. The maximum absolute atomic E-state index is 12.8. The molecule has 30 heteroatoms. The largest absolute Gasteiger partial charge is 0.513 e. The third-order valence-corrected chi connectivity index (χ3v) is 22.2. The highest BCUT2D eigenvalue weighted by atomic mass is 16.7. The Morgan fingerprint density at radius 2 is 0.466 bits per heavy atom. The number of unbranched alkanes of at least 4 members (excludes halogenated alkanes) is 3. The van der Waals surface area contributed by atoms with Crippen molar-refractivity contribution >= 4 is 72.2 Å². The van der Waals surface area contributed by atoms with E-state index < -0.39 is 66.2 Å². The Balaban J connectivity index is 0.000000273. The molecule has 0 aliphatic heterocycles. The van der Waals surface area contributed by atoms with Crippen molar-refractivity contribution in [3.05, 3.63) is 215 Å². The molecule has 30 nitrogen and oxygen atoms in total. The van der Waals surface area contributed by atoms with Crippen molar-refractivity contribution in [3.63, 3.8) is 0 Å². The van der Waals surface area contributed by atoms with E-state index in [1.54, 1.807) is 57.2 Å². The molecular formula is C103H128O30. The van der Waals surface area contributed by atoms with Crippen molar-refractivity contribution in [1.29, 1.82) is 0 Å². The third-order valence-electron chi connectivity index (χ3n) is 22.2. The van der Waals surface area contributed by atoms with E-state index in [-0.39, 0.29) is 148 Å². The molecule has 3 aliphatic rings. The summed E-state index contributed by atoms with van der Waals surface area (Å²) in [5, 5.41) is 0. The minimum Gasteiger partial charge on any atom is -0.462 e. The van der Waals surface area contributed by atoms with Crippen LogP contribution in [0.1, 0.15) is 229 Å². The first-order valence-electron chi connectivity index (χ1n) is 45.2. The number of ether oxygens (including phenoxy) is 18. The van der Waals surface area contributed by atoms with Crippen LogP contribution in [0.4, 0.5) is 14.4 Å². The summed E-state index contributed by atoms with van der Waals surface area (Å²) in [4.78, 5) is 146. The fourth-order valence-electron chi connectivity index (χ4n) is 14.6. The third kappa shape index (κ3) is 39.4. The van der Waals surface area contributed by atoms with Gasteiger partial charge in [-0.1, -0.05) is 101 Å². The lowest BCUT2D eigenvalue weighted by Crippen LogP contribution is -2.35. The second-order valence-electron chi connectivity index (χ2n) is 34.2. The molecule has 3 aliphatic carbocycles. The summed E-state index contributed by atoms with van der Waals surface area (Å²) in [7, 11) is 0. The number of hydrogen-bond acceptors (Lipinski definition) is 30. The zero-order valence-electron chi connectivity index (χ0n) is 78.3. The summed E-state index contributed by atoms with van der Waals surface area (Å²) in [5.74, 6) is 0.910. The molecule has 9 rings (SSSR count). The van der Waals surface area contributed by atoms with Gasteiger partial charge >= 0.3 is 72.2 Å². The molecule has 720 valence electrons. The van der Waals surface area contributed by atoms with Crippen LogP contribution in [0.5, 0.6) is 34.5 Å². The molecular weight excluding hydrogens is 1720 g/mol. The highest BCUT2D eigenvalue weighted by Gasteiger charge is 2.37. The number of carbonyl (C=O) groups is 12. The molecule has 9 atom stereocenters. The SMILES string of the molecule is C=C(C)C(=O)OCCCCCCOC(=O)Oc1ccc(OC(=O)c2ccc(C(=O)OC3CC(C)CCC3C(C)C)cc2)cc1.C=C(C)C(=O)OCCOCCOC(=O)Oc1ccc(OC(=O)c2ccc(C(=O)OC3CC(C)CCC3C(C)C)cc2)cc1.C=C(C)C(=O)OCCOCCOCCOC(=O)Oc1ccc(OC(=O)c2ccc(C(=O)OC3CC(C)CCC3C(C)C)cc2)cc1. The van der Waals surface area contributed by atoms with Gasteiger partial charge in [0.05, 0.1) is 86.2 Å². The first-order chi connectivity index (χ1) is 63.6. The molecule has 0 saturated heterocycles. The van der Waals surface area contributed by atoms with Gasteiger partial charge < -0.3 is 85.3 Å². The van der Waals surface area contributed by atoms with Crippen LogP contribution in [0.3, 0.4) is 0 Å². The Labute approximate surface area is 778 Å². The lowest BCUT2D eigenvalue weighted by molar-refractivity contribution is -0.141. The van der Waals surface area contributed by atoms with Crippen molar-refractivity contribution < 1.29 is 143 Å². The molecule has 0 spiro atoms. The van der Waals surface area contributed by atoms with Crippen molar-refractivity contribution in [2.45, 2.75) is 185 Å². The van der Waals surface area contributed by atoms with Crippen molar-refractivity contribution in [2.75, 3.05) is 79.3 Å². The van der Waals surface area contributed by atoms with E-state index >= 15 is 0 Å². The van der Waals surface area contributed by atoms with Crippen LogP contribution in [-0.2, 0) is 71.2 Å². The Morgan fingerprint density at radius 3 is 0.707 bits per heavy atom. The van der Waals surface area contributed by atoms with Gasteiger partial charge in [0.15, 0.2) is 0 Å². The number of rotatable bonds is 43. The fraction of sp³-hybridized carbons (Fsp3) is 0.476. The van der Waals surface area contributed by atoms with Crippen LogP contribution in [0, 0.1) is 53.3 Å². The van der Waals surface area contributed by atoms with Crippen LogP contribution in [0.15, 0.2) is 182 Å². The topological polar surface area (TPSA) is 371 Å². The predicted octanol–water partition coefficient (Wildman–Crippen LogP) is 20.1. The van der Waals surface area contributed by atoms with Crippen LogP contribution in [0.2, 0.25) is 0 Å². The van der Waals surface area contributed by atoms with Gasteiger partial charge in [-0.05, 0) is 284 Å². The van der Waals surface area contributed by atoms with Crippen molar-refractivity contribution in [3.8, 4) is 34.5 Å². The van der Waals surface area contributed by atoms with E-state index in [2.05, 4.69) is 82.1 Å². The second-order valence-corrected chi connectivity index (χ2v) is 34.2. The lowest BCUT2D eigenvalue weighted by Gasteiger charge is -2.36. The van der Waals surface area contributed by atoms with Crippen molar-refractivity contribution in [2.24, 2.45) is 53.3 Å². The molecule has 0 heterocycles. The maximum atomic E-state index is 12.8. The monoisotopic (exact) mass is 1840 g/mol. The molecule has 6 aromatic rings. The lowest BCUT2D eigenvalue weighted by atomic mass is 9.75. The smallest absolute Gasteiger partial charge is 0.462 e. The van der Waals surface area contributed by atoms with Crippen LogP contribution in [-0.4, -0.2) is 170 Å². The standard InChI is InChI=1S/C35H44O11.C35H44O9.C33H40O10/c1-23(2)30-15-6-25(5)22-31(30)46-34(38)27-9-7-26(8-10-27)33(37)44-28-11-13-29(14-12-28)45-35(39)43-21-19-41-17-16-40-18-20-42-32(36)24(3)4;1-23(2)30-19-10-25(5)22-31(30)44-34(38)27-13-11-26(12-14-27)33(37)42-28-15-17-29(18-16-28)43-35(39)41-21-9-7-6-8-20-40-32(36)24(3)4;1-21(2)28-15-6-23(5)20-29(28)43-32(36)25-9-7-24(8-10-25)31(35)41-26-11-13-27(14-12-26)42-33(37)40-19-17-38-16-18-39-30(34)22(3)4/h7-14,23,25,30-31H,3,6,15-22H2,1-2,4-5H3;11-18,23,25,30-31H,3,6-10,19-22H2,1-2,4-5H3;7-14,21,23,28-29H,3,6,15-20H2,1-2,4-5H3. The summed E-state index contributed by atoms with van der Waals surface area (Å²) >= 11 is 0. The maximum Gasteiger partial charge on any atom is 0.513 e. The molecule has 3 saturated carbocycles. The first-order valence-corrected chi connectivity index (χ1v) is 45.2. The van der Waals surface area contributed by atoms with E-state index in [1.165, 1.54) is 109 Å². The Hall–Kier alpha value is -12.5. The summed E-state index contributed by atoms with van der Waals surface area (Å²) < 4.78 is 94.8. The number of hydrogen-bond donors (Lipinski definition) is 0. The van der Waals surface area contributed by atoms with Gasteiger partial charge in [-0.3, -0.25) is 0 Å². The van der Waals surface area contributed by atoms with Crippen molar-refractivity contribution in [1.82, 2.24) is 0 Å². The fourth-order valence-corrected chi connectivity index (χ4v) is 14.6. The quantitative estimate of drug-likeness (QED) is 0.00856. The number of benzene rings is 6. The summed E-state index contributed by atoms with van der Waals surface area (Å²) in [5.41, 5.74) is 2.95. The molecule has 0 N–H and O–H groups in total. The van der Waals surface area contributed by atoms with Crippen LogP contribution < -0.4 is 28.4 Å². The van der Waals surface area contributed by atoms with Gasteiger partial charge in [0.2, 0.25) is 0 Å². The van der Waals surface area contributed by atoms with Gasteiger partial charge in [0.25, 0.3) is 0 Å². The van der Waals surface area contributed by atoms with E-state index in [0.29, 0.717) is 99.7 Å².